The van der Waals surface area contributed by atoms with Crippen molar-refractivity contribution in [1.29, 1.82) is 0 Å². The van der Waals surface area contributed by atoms with E-state index in [1.807, 2.05) is 6.26 Å². The number of carbonyl (C=O) groups excluding carboxylic acids is 1. The molecule has 6 nitrogen and oxygen atoms in total. The Morgan fingerprint density at radius 3 is 2.63 bits per heavy atom. The Balaban J connectivity index is 1.44. The summed E-state index contributed by atoms with van der Waals surface area (Å²) in [6.07, 6.45) is 3.29. The van der Waals surface area contributed by atoms with Crippen molar-refractivity contribution in [1.82, 2.24) is 20.2 Å². The molecule has 1 saturated heterocycles. The maximum absolute atomic E-state index is 13.0. The number of halogens is 2. The molecule has 2 heterocycles. The molecule has 0 aliphatic carbocycles. The number of hydrogen-bond donors (Lipinski definition) is 1. The molecule has 9 heteroatoms. The standard InChI is InChI=1S/C18H21ClFN5OS/c1-27-18-22-12-15(19)16(23-18)17(26)21-6-7-24-8-10-25(11-9-24)14-4-2-13(20)3-5-14/h2-5,12H,6-11H2,1H3,(H,21,26). The second kappa shape index (κ2) is 9.34. The van der Waals surface area contributed by atoms with Crippen LogP contribution in [0.4, 0.5) is 10.1 Å². The lowest BCUT2D eigenvalue weighted by atomic mass is 10.2. The number of hydrogen-bond acceptors (Lipinski definition) is 6. The van der Waals surface area contributed by atoms with Crippen molar-refractivity contribution in [2.45, 2.75) is 5.16 Å². The van der Waals surface area contributed by atoms with E-state index in [0.717, 1.165) is 38.4 Å². The third-order valence-corrected chi connectivity index (χ3v) is 5.24. The summed E-state index contributed by atoms with van der Waals surface area (Å²) in [4.78, 5) is 25.0. The quantitative estimate of drug-likeness (QED) is 0.584. The van der Waals surface area contributed by atoms with Gasteiger partial charge in [-0.3, -0.25) is 9.69 Å². The predicted octanol–water partition coefficient (Wildman–Crippen LogP) is 2.54. The highest BCUT2D eigenvalue weighted by Crippen LogP contribution is 2.17. The molecule has 0 spiro atoms. The Labute approximate surface area is 167 Å². The highest BCUT2D eigenvalue weighted by molar-refractivity contribution is 7.98. The molecule has 1 fully saturated rings. The highest BCUT2D eigenvalue weighted by atomic mass is 35.5. The van der Waals surface area contributed by atoms with E-state index in [2.05, 4.69) is 25.1 Å². The first-order valence-corrected chi connectivity index (χ1v) is 10.2. The second-order valence-corrected chi connectivity index (χ2v) is 7.29. The van der Waals surface area contributed by atoms with Crippen LogP contribution < -0.4 is 10.2 Å². The van der Waals surface area contributed by atoms with Gasteiger partial charge in [0, 0.05) is 45.0 Å². The van der Waals surface area contributed by atoms with E-state index in [9.17, 15) is 9.18 Å². The number of benzene rings is 1. The Hall–Kier alpha value is -1.90. The van der Waals surface area contributed by atoms with Crippen LogP contribution in [0.25, 0.3) is 0 Å². The molecular weight excluding hydrogens is 389 g/mol. The molecule has 0 atom stereocenters. The number of thioether (sulfide) groups is 1. The molecule has 1 aliphatic rings. The Bertz CT molecular complexity index is 784. The molecule has 1 aromatic heterocycles. The maximum atomic E-state index is 13.0. The molecule has 1 aromatic carbocycles. The lowest BCUT2D eigenvalue weighted by molar-refractivity contribution is 0.0942. The molecule has 0 bridgehead atoms. The van der Waals surface area contributed by atoms with Gasteiger partial charge in [0.25, 0.3) is 5.91 Å². The number of rotatable bonds is 6. The molecule has 1 amide bonds. The monoisotopic (exact) mass is 409 g/mol. The van der Waals surface area contributed by atoms with Crippen molar-refractivity contribution in [2.75, 3.05) is 50.4 Å². The molecule has 27 heavy (non-hydrogen) atoms. The molecule has 0 saturated carbocycles. The Morgan fingerprint density at radius 1 is 1.26 bits per heavy atom. The van der Waals surface area contributed by atoms with E-state index in [0.29, 0.717) is 11.7 Å². The van der Waals surface area contributed by atoms with Crippen molar-refractivity contribution in [3.63, 3.8) is 0 Å². The van der Waals surface area contributed by atoms with Crippen molar-refractivity contribution >= 4 is 35.0 Å². The van der Waals surface area contributed by atoms with Crippen LogP contribution in [0.3, 0.4) is 0 Å². The molecule has 2 aromatic rings. The van der Waals surface area contributed by atoms with Crippen LogP contribution in [0.5, 0.6) is 0 Å². The Kier molecular flexibility index (Phi) is 6.87. The zero-order valence-electron chi connectivity index (χ0n) is 15.0. The van der Waals surface area contributed by atoms with Crippen molar-refractivity contribution in [3.8, 4) is 0 Å². The third kappa shape index (κ3) is 5.31. The van der Waals surface area contributed by atoms with Crippen LogP contribution >= 0.6 is 23.4 Å². The molecule has 0 radical (unpaired) electrons. The van der Waals surface area contributed by atoms with Crippen LogP contribution in [0.15, 0.2) is 35.6 Å². The summed E-state index contributed by atoms with van der Waals surface area (Å²) in [6, 6.07) is 6.58. The van der Waals surface area contributed by atoms with Crippen molar-refractivity contribution in [3.05, 3.63) is 47.0 Å². The van der Waals surface area contributed by atoms with E-state index in [4.69, 9.17) is 11.6 Å². The number of aromatic nitrogens is 2. The van der Waals surface area contributed by atoms with Gasteiger partial charge in [0.05, 0.1) is 11.2 Å². The maximum Gasteiger partial charge on any atom is 0.271 e. The number of amides is 1. The minimum absolute atomic E-state index is 0.206. The minimum atomic E-state index is -0.289. The van der Waals surface area contributed by atoms with Gasteiger partial charge < -0.3 is 10.2 Å². The number of carbonyl (C=O) groups is 1. The topological polar surface area (TPSA) is 61.4 Å². The fraction of sp³-hybridized carbons (Fsp3) is 0.389. The normalized spacial score (nSPS) is 15.0. The average Bonchev–Trinajstić information content (AvgIpc) is 2.69. The molecule has 1 N–H and O–H groups in total. The predicted molar refractivity (Wildman–Crippen MR) is 106 cm³/mol. The van der Waals surface area contributed by atoms with Crippen LogP contribution in [-0.2, 0) is 0 Å². The summed E-state index contributed by atoms with van der Waals surface area (Å²) in [5.74, 6) is -0.510. The van der Waals surface area contributed by atoms with E-state index in [1.165, 1.54) is 30.1 Å². The largest absolute Gasteiger partial charge is 0.369 e. The molecule has 144 valence electrons. The van der Waals surface area contributed by atoms with Gasteiger partial charge in [-0.05, 0) is 30.5 Å². The van der Waals surface area contributed by atoms with E-state index < -0.39 is 0 Å². The SMILES string of the molecule is CSc1ncc(Cl)c(C(=O)NCCN2CCN(c3ccc(F)cc3)CC2)n1. The first-order valence-electron chi connectivity index (χ1n) is 8.64. The van der Waals surface area contributed by atoms with Gasteiger partial charge in [0.1, 0.15) is 5.82 Å². The fourth-order valence-corrected chi connectivity index (χ4v) is 3.42. The van der Waals surface area contributed by atoms with Crippen LogP contribution in [-0.4, -0.2) is 66.3 Å². The minimum Gasteiger partial charge on any atom is -0.369 e. The van der Waals surface area contributed by atoms with Crippen molar-refractivity contribution < 1.29 is 9.18 Å². The van der Waals surface area contributed by atoms with Crippen LogP contribution in [0.1, 0.15) is 10.5 Å². The van der Waals surface area contributed by atoms with Gasteiger partial charge in [0.15, 0.2) is 10.9 Å². The summed E-state index contributed by atoms with van der Waals surface area (Å²) in [7, 11) is 0. The zero-order valence-corrected chi connectivity index (χ0v) is 16.6. The zero-order chi connectivity index (χ0) is 19.2. The highest BCUT2D eigenvalue weighted by Gasteiger charge is 2.18. The first kappa shape index (κ1) is 19.9. The summed E-state index contributed by atoms with van der Waals surface area (Å²) >= 11 is 7.39. The summed E-state index contributed by atoms with van der Waals surface area (Å²) in [5, 5.41) is 3.63. The van der Waals surface area contributed by atoms with Gasteiger partial charge in [-0.1, -0.05) is 23.4 Å². The molecule has 3 rings (SSSR count). The van der Waals surface area contributed by atoms with Crippen LogP contribution in [0, 0.1) is 5.82 Å². The van der Waals surface area contributed by atoms with Gasteiger partial charge in [0.2, 0.25) is 0 Å². The van der Waals surface area contributed by atoms with Crippen LogP contribution in [0.2, 0.25) is 5.02 Å². The smallest absolute Gasteiger partial charge is 0.271 e. The lowest BCUT2D eigenvalue weighted by Crippen LogP contribution is -2.48. The van der Waals surface area contributed by atoms with Crippen molar-refractivity contribution in [2.24, 2.45) is 0 Å². The number of nitrogens with zero attached hydrogens (tertiary/aromatic N) is 4. The Morgan fingerprint density at radius 2 is 1.96 bits per heavy atom. The molecule has 1 aliphatic heterocycles. The number of piperazine rings is 1. The number of nitrogens with one attached hydrogen (secondary N) is 1. The summed E-state index contributed by atoms with van der Waals surface area (Å²) < 4.78 is 13.0. The van der Waals surface area contributed by atoms with Gasteiger partial charge in [-0.2, -0.15) is 0 Å². The number of anilines is 1. The van der Waals surface area contributed by atoms with Gasteiger partial charge in [-0.15, -0.1) is 0 Å². The van der Waals surface area contributed by atoms with E-state index in [1.54, 1.807) is 12.1 Å². The van der Waals surface area contributed by atoms with E-state index in [-0.39, 0.29) is 22.4 Å². The summed E-state index contributed by atoms with van der Waals surface area (Å²) in [5.41, 5.74) is 1.24. The average molecular weight is 410 g/mol. The van der Waals surface area contributed by atoms with Gasteiger partial charge in [-0.25, -0.2) is 14.4 Å². The third-order valence-electron chi connectivity index (χ3n) is 4.40. The second-order valence-electron chi connectivity index (χ2n) is 6.11. The lowest BCUT2D eigenvalue weighted by Gasteiger charge is -2.36. The molecular formula is C18H21ClFN5OS. The van der Waals surface area contributed by atoms with Gasteiger partial charge >= 0.3 is 0 Å². The first-order chi connectivity index (χ1) is 13.1. The summed E-state index contributed by atoms with van der Waals surface area (Å²) in [6.45, 7) is 4.78. The fourth-order valence-electron chi connectivity index (χ4n) is 2.90. The molecule has 0 unspecified atom stereocenters. The van der Waals surface area contributed by atoms with E-state index >= 15 is 0 Å².